The topological polar surface area (TPSA) is 111 Å². The molecule has 142 valence electrons. The molecule has 0 spiro atoms. The van der Waals surface area contributed by atoms with Gasteiger partial charge in [0.1, 0.15) is 11.2 Å². The zero-order chi connectivity index (χ0) is 19.6. The summed E-state index contributed by atoms with van der Waals surface area (Å²) in [5.41, 5.74) is 0.632. The van der Waals surface area contributed by atoms with E-state index >= 15 is 0 Å². The SMILES string of the molecule is N#C[C@@]1(C2CC2)CCN(c2ccnc(NC(=O)NCc3cccnc3)c2)C1=O. The Labute approximate surface area is 162 Å². The van der Waals surface area contributed by atoms with Gasteiger partial charge in [-0.05, 0) is 42.9 Å². The van der Waals surface area contributed by atoms with Gasteiger partial charge in [0.2, 0.25) is 5.91 Å². The molecule has 3 amide bonds. The lowest BCUT2D eigenvalue weighted by Crippen LogP contribution is -2.35. The summed E-state index contributed by atoms with van der Waals surface area (Å²) in [7, 11) is 0. The smallest absolute Gasteiger partial charge is 0.320 e. The number of aromatic nitrogens is 2. The molecule has 8 nitrogen and oxygen atoms in total. The normalized spacial score (nSPS) is 21.2. The largest absolute Gasteiger partial charge is 0.334 e. The highest BCUT2D eigenvalue weighted by atomic mass is 16.2. The monoisotopic (exact) mass is 376 g/mol. The van der Waals surface area contributed by atoms with Crippen LogP contribution in [0.5, 0.6) is 0 Å². The predicted molar refractivity (Wildman–Crippen MR) is 102 cm³/mol. The molecule has 2 fully saturated rings. The Hall–Kier alpha value is -3.47. The Kier molecular flexibility index (Phi) is 4.65. The van der Waals surface area contributed by atoms with Gasteiger partial charge in [-0.3, -0.25) is 15.1 Å². The molecular weight excluding hydrogens is 356 g/mol. The fraction of sp³-hybridized carbons (Fsp3) is 0.350. The van der Waals surface area contributed by atoms with Crippen LogP contribution in [0.25, 0.3) is 0 Å². The van der Waals surface area contributed by atoms with Crippen molar-refractivity contribution in [2.75, 3.05) is 16.8 Å². The van der Waals surface area contributed by atoms with Crippen molar-refractivity contribution in [3.05, 3.63) is 48.4 Å². The van der Waals surface area contributed by atoms with Crippen LogP contribution in [0.15, 0.2) is 42.9 Å². The Morgan fingerprint density at radius 3 is 2.93 bits per heavy atom. The molecule has 1 aliphatic heterocycles. The third-order valence-corrected chi connectivity index (χ3v) is 5.30. The molecule has 2 aromatic heterocycles. The van der Waals surface area contributed by atoms with Gasteiger partial charge < -0.3 is 10.2 Å². The highest BCUT2D eigenvalue weighted by molar-refractivity contribution is 6.02. The molecule has 28 heavy (non-hydrogen) atoms. The fourth-order valence-electron chi connectivity index (χ4n) is 3.63. The maximum absolute atomic E-state index is 12.9. The molecule has 1 atom stereocenters. The van der Waals surface area contributed by atoms with E-state index in [-0.39, 0.29) is 11.8 Å². The highest BCUT2D eigenvalue weighted by Crippen LogP contribution is 2.51. The number of amides is 3. The Morgan fingerprint density at radius 2 is 2.21 bits per heavy atom. The van der Waals surface area contributed by atoms with Crippen molar-refractivity contribution in [3.63, 3.8) is 0 Å². The molecule has 3 heterocycles. The van der Waals surface area contributed by atoms with Gasteiger partial charge >= 0.3 is 6.03 Å². The molecule has 0 unspecified atom stereocenters. The first-order valence-corrected chi connectivity index (χ1v) is 9.25. The van der Waals surface area contributed by atoms with Gasteiger partial charge in [-0.2, -0.15) is 5.26 Å². The van der Waals surface area contributed by atoms with Crippen LogP contribution in [0.1, 0.15) is 24.8 Å². The first-order chi connectivity index (χ1) is 13.6. The number of nitrogens with zero attached hydrogens (tertiary/aromatic N) is 4. The van der Waals surface area contributed by atoms with Crippen LogP contribution in [0.2, 0.25) is 0 Å². The highest BCUT2D eigenvalue weighted by Gasteiger charge is 2.56. The molecule has 4 rings (SSSR count). The molecule has 2 N–H and O–H groups in total. The maximum Gasteiger partial charge on any atom is 0.320 e. The van der Waals surface area contributed by atoms with E-state index in [9.17, 15) is 14.9 Å². The number of nitrogens with one attached hydrogen (secondary N) is 2. The van der Waals surface area contributed by atoms with Gasteiger partial charge in [0.25, 0.3) is 0 Å². The number of carbonyl (C=O) groups excluding carboxylic acids is 2. The van der Waals surface area contributed by atoms with E-state index in [1.165, 1.54) is 0 Å². The van der Waals surface area contributed by atoms with Crippen molar-refractivity contribution in [3.8, 4) is 6.07 Å². The molecule has 0 radical (unpaired) electrons. The quantitative estimate of drug-likeness (QED) is 0.833. The summed E-state index contributed by atoms with van der Waals surface area (Å²) in [5.74, 6) is 0.373. The first kappa shape index (κ1) is 17.9. The zero-order valence-corrected chi connectivity index (χ0v) is 15.3. The number of pyridine rings is 2. The summed E-state index contributed by atoms with van der Waals surface area (Å²) in [4.78, 5) is 34.8. The zero-order valence-electron chi connectivity index (χ0n) is 15.3. The Morgan fingerprint density at radius 1 is 1.36 bits per heavy atom. The first-order valence-electron chi connectivity index (χ1n) is 9.25. The van der Waals surface area contributed by atoms with Crippen molar-refractivity contribution >= 4 is 23.4 Å². The van der Waals surface area contributed by atoms with Crippen molar-refractivity contribution in [2.45, 2.75) is 25.8 Å². The van der Waals surface area contributed by atoms with Crippen LogP contribution >= 0.6 is 0 Å². The third-order valence-electron chi connectivity index (χ3n) is 5.30. The molecule has 2 aromatic rings. The minimum absolute atomic E-state index is 0.143. The van der Waals surface area contributed by atoms with E-state index in [1.807, 2.05) is 6.07 Å². The van der Waals surface area contributed by atoms with E-state index in [4.69, 9.17) is 0 Å². The van der Waals surface area contributed by atoms with Crippen LogP contribution in [-0.4, -0.2) is 28.5 Å². The molecule has 1 aliphatic carbocycles. The minimum atomic E-state index is -0.891. The summed E-state index contributed by atoms with van der Waals surface area (Å²) in [6.07, 6.45) is 7.32. The fourth-order valence-corrected chi connectivity index (χ4v) is 3.63. The van der Waals surface area contributed by atoms with Crippen LogP contribution in [0.4, 0.5) is 16.3 Å². The second kappa shape index (κ2) is 7.27. The average Bonchev–Trinajstić information content (AvgIpc) is 3.51. The third kappa shape index (κ3) is 3.39. The number of nitriles is 1. The maximum atomic E-state index is 12.9. The summed E-state index contributed by atoms with van der Waals surface area (Å²) in [5, 5.41) is 15.0. The molecular formula is C20H20N6O2. The van der Waals surface area contributed by atoms with Gasteiger partial charge in [0.05, 0.1) is 6.07 Å². The lowest BCUT2D eigenvalue weighted by Gasteiger charge is -2.21. The average molecular weight is 376 g/mol. The summed E-state index contributed by atoms with van der Waals surface area (Å²) >= 11 is 0. The Bertz CT molecular complexity index is 937. The number of rotatable bonds is 5. The molecule has 1 saturated heterocycles. The van der Waals surface area contributed by atoms with E-state index < -0.39 is 11.4 Å². The number of carbonyl (C=O) groups is 2. The van der Waals surface area contributed by atoms with E-state index in [0.717, 1.165) is 18.4 Å². The lowest BCUT2D eigenvalue weighted by molar-refractivity contribution is -0.123. The minimum Gasteiger partial charge on any atom is -0.334 e. The number of hydrogen-bond donors (Lipinski definition) is 2. The molecule has 1 saturated carbocycles. The van der Waals surface area contributed by atoms with E-state index in [0.29, 0.717) is 31.0 Å². The van der Waals surface area contributed by atoms with Crippen molar-refractivity contribution < 1.29 is 9.59 Å². The molecule has 0 bridgehead atoms. The van der Waals surface area contributed by atoms with Crippen molar-refractivity contribution in [1.29, 1.82) is 5.26 Å². The summed E-state index contributed by atoms with van der Waals surface area (Å²) in [6, 6.07) is 8.92. The van der Waals surface area contributed by atoms with Crippen LogP contribution in [0, 0.1) is 22.7 Å². The van der Waals surface area contributed by atoms with E-state index in [2.05, 4.69) is 26.7 Å². The predicted octanol–water partition coefficient (Wildman–Crippen LogP) is 2.45. The summed E-state index contributed by atoms with van der Waals surface area (Å²) in [6.45, 7) is 0.843. The van der Waals surface area contributed by atoms with Gasteiger partial charge in [-0.25, -0.2) is 9.78 Å². The van der Waals surface area contributed by atoms with Gasteiger partial charge in [-0.1, -0.05) is 6.07 Å². The van der Waals surface area contributed by atoms with Crippen LogP contribution < -0.4 is 15.5 Å². The standard InChI is InChI=1S/C20H20N6O2/c21-13-20(15-3-4-15)6-9-26(18(20)27)16-5-8-23-17(10-16)25-19(28)24-12-14-2-1-7-22-11-14/h1-2,5,7-8,10-11,15H,3-4,6,9,12H2,(H2,23,24,25,28)/t20-/m1/s1. The Balaban J connectivity index is 1.41. The summed E-state index contributed by atoms with van der Waals surface area (Å²) < 4.78 is 0. The van der Waals surface area contributed by atoms with Crippen LogP contribution in [0.3, 0.4) is 0 Å². The second-order valence-electron chi connectivity index (χ2n) is 7.13. The number of urea groups is 1. The van der Waals surface area contributed by atoms with Gasteiger partial charge in [0.15, 0.2) is 0 Å². The number of anilines is 2. The molecule has 8 heteroatoms. The van der Waals surface area contributed by atoms with Crippen molar-refractivity contribution in [1.82, 2.24) is 15.3 Å². The second-order valence-corrected chi connectivity index (χ2v) is 7.13. The van der Waals surface area contributed by atoms with Gasteiger partial charge in [-0.15, -0.1) is 0 Å². The van der Waals surface area contributed by atoms with E-state index in [1.54, 1.807) is 41.7 Å². The number of hydrogen-bond acceptors (Lipinski definition) is 5. The molecule has 0 aromatic carbocycles. The van der Waals surface area contributed by atoms with Gasteiger partial charge in [0, 0.05) is 43.4 Å². The van der Waals surface area contributed by atoms with Crippen LogP contribution in [-0.2, 0) is 11.3 Å². The van der Waals surface area contributed by atoms with Crippen molar-refractivity contribution in [2.24, 2.45) is 11.3 Å². The molecule has 2 aliphatic rings. The lowest BCUT2D eigenvalue weighted by atomic mass is 9.83.